The van der Waals surface area contributed by atoms with Gasteiger partial charge in [-0.25, -0.2) is 9.59 Å². The SMILES string of the molecule is CCCC[C@H](NC(=O)O[C@H]1CN(C(=O)Oc2ccc3ccccc3c2)CC1(C)C)C(=O)C(=O)N[C@H](C)c1ccccc1. The van der Waals surface area contributed by atoms with Crippen LogP contribution in [0.4, 0.5) is 9.59 Å². The predicted octanol–water partition coefficient (Wildman–Crippen LogP) is 5.78. The molecule has 3 aromatic carbocycles. The van der Waals surface area contributed by atoms with Crippen molar-refractivity contribution >= 4 is 34.6 Å². The molecular weight excluding hydrogens is 534 g/mol. The molecule has 0 radical (unpaired) electrons. The summed E-state index contributed by atoms with van der Waals surface area (Å²) in [7, 11) is 0. The van der Waals surface area contributed by atoms with Crippen molar-refractivity contribution in [1.29, 1.82) is 0 Å². The molecule has 1 saturated heterocycles. The van der Waals surface area contributed by atoms with Crippen molar-refractivity contribution in [2.24, 2.45) is 5.41 Å². The quantitative estimate of drug-likeness (QED) is 0.297. The minimum absolute atomic E-state index is 0.134. The van der Waals surface area contributed by atoms with Gasteiger partial charge >= 0.3 is 12.2 Å². The van der Waals surface area contributed by atoms with Crippen LogP contribution >= 0.6 is 0 Å². The third-order valence-corrected chi connectivity index (χ3v) is 7.62. The number of ether oxygens (including phenoxy) is 2. The van der Waals surface area contributed by atoms with Gasteiger partial charge in [0.05, 0.1) is 12.6 Å². The molecule has 0 unspecified atom stereocenters. The molecule has 9 nitrogen and oxygen atoms in total. The second kappa shape index (κ2) is 13.5. The number of carbonyl (C=O) groups is 4. The summed E-state index contributed by atoms with van der Waals surface area (Å²) in [6.07, 6.45) is -0.263. The highest BCUT2D eigenvalue weighted by Crippen LogP contribution is 2.33. The number of unbranched alkanes of at least 4 members (excludes halogenated alkanes) is 1. The second-order valence-corrected chi connectivity index (χ2v) is 11.4. The van der Waals surface area contributed by atoms with Gasteiger partial charge in [0, 0.05) is 12.0 Å². The third-order valence-electron chi connectivity index (χ3n) is 7.62. The standard InChI is InChI=1S/C33H39N3O6/c1-5-6-16-27(29(37)30(38)34-22(2)23-12-8-7-9-13-23)35-31(39)42-28-20-36(21-33(28,3)4)32(40)41-26-18-17-24-14-10-11-15-25(24)19-26/h7-15,17-19,22,27-28H,5-6,16,20-21H2,1-4H3,(H,34,38)(H,35,39)/t22-,27+,28+/m1/s1. The van der Waals surface area contributed by atoms with Gasteiger partial charge in [0.1, 0.15) is 17.9 Å². The zero-order valence-corrected chi connectivity index (χ0v) is 24.6. The second-order valence-electron chi connectivity index (χ2n) is 11.4. The number of hydrogen-bond donors (Lipinski definition) is 2. The Bertz CT molecular complexity index is 1420. The van der Waals surface area contributed by atoms with Crippen LogP contribution in [0.25, 0.3) is 10.8 Å². The predicted molar refractivity (Wildman–Crippen MR) is 160 cm³/mol. The summed E-state index contributed by atoms with van der Waals surface area (Å²) in [6, 6.07) is 21.1. The highest BCUT2D eigenvalue weighted by atomic mass is 16.6. The van der Waals surface area contributed by atoms with Crippen molar-refractivity contribution in [3.63, 3.8) is 0 Å². The minimum atomic E-state index is -1.03. The first-order chi connectivity index (χ1) is 20.1. The number of hydrogen-bond acceptors (Lipinski definition) is 6. The Balaban J connectivity index is 1.35. The van der Waals surface area contributed by atoms with Crippen molar-refractivity contribution in [3.8, 4) is 5.75 Å². The zero-order chi connectivity index (χ0) is 30.3. The monoisotopic (exact) mass is 573 g/mol. The summed E-state index contributed by atoms with van der Waals surface area (Å²) in [5, 5.41) is 7.32. The Morgan fingerprint density at radius 3 is 2.36 bits per heavy atom. The van der Waals surface area contributed by atoms with Crippen molar-refractivity contribution in [1.82, 2.24) is 15.5 Å². The van der Waals surface area contributed by atoms with Crippen LogP contribution in [-0.4, -0.2) is 54.0 Å². The lowest BCUT2D eigenvalue weighted by atomic mass is 9.90. The normalized spacial score (nSPS) is 17.2. The summed E-state index contributed by atoms with van der Waals surface area (Å²) in [5.41, 5.74) is 0.300. The van der Waals surface area contributed by atoms with Gasteiger partial charge in [0.25, 0.3) is 5.91 Å². The van der Waals surface area contributed by atoms with E-state index in [2.05, 4.69) is 10.6 Å². The molecule has 2 N–H and O–H groups in total. The number of carbonyl (C=O) groups excluding carboxylic acids is 4. The van der Waals surface area contributed by atoms with Crippen molar-refractivity contribution in [2.45, 2.75) is 65.1 Å². The lowest BCUT2D eigenvalue weighted by Gasteiger charge is -2.26. The third kappa shape index (κ3) is 7.66. The molecule has 1 fully saturated rings. The van der Waals surface area contributed by atoms with E-state index in [1.165, 1.54) is 4.90 Å². The number of rotatable bonds is 10. The molecule has 4 rings (SSSR count). The highest BCUT2D eigenvalue weighted by molar-refractivity contribution is 6.38. The van der Waals surface area contributed by atoms with Crippen LogP contribution in [-0.2, 0) is 14.3 Å². The molecule has 222 valence electrons. The fraction of sp³-hybridized carbons (Fsp3) is 0.394. The molecule has 1 heterocycles. The lowest BCUT2D eigenvalue weighted by Crippen LogP contribution is -2.49. The number of likely N-dealkylation sites (tertiary alicyclic amines) is 1. The Morgan fingerprint density at radius 1 is 0.952 bits per heavy atom. The van der Waals surface area contributed by atoms with E-state index in [4.69, 9.17) is 9.47 Å². The van der Waals surface area contributed by atoms with Crippen LogP contribution in [0.15, 0.2) is 72.8 Å². The summed E-state index contributed by atoms with van der Waals surface area (Å²) in [6.45, 7) is 8.00. The van der Waals surface area contributed by atoms with E-state index < -0.39 is 41.4 Å². The summed E-state index contributed by atoms with van der Waals surface area (Å²) < 4.78 is 11.3. The number of Topliss-reactive ketones (excluding diaryl/α,β-unsaturated/α-hetero) is 1. The Kier molecular flexibility index (Phi) is 9.83. The van der Waals surface area contributed by atoms with E-state index in [0.717, 1.165) is 22.8 Å². The van der Waals surface area contributed by atoms with E-state index in [-0.39, 0.29) is 12.6 Å². The number of alkyl carbamates (subject to hydrolysis) is 1. The molecule has 0 saturated carbocycles. The van der Waals surface area contributed by atoms with Crippen LogP contribution in [0.5, 0.6) is 5.75 Å². The molecule has 0 bridgehead atoms. The van der Waals surface area contributed by atoms with Crippen LogP contribution < -0.4 is 15.4 Å². The number of nitrogens with one attached hydrogen (secondary N) is 2. The molecule has 3 atom stereocenters. The van der Waals surface area contributed by atoms with Crippen LogP contribution in [0.2, 0.25) is 0 Å². The van der Waals surface area contributed by atoms with Gasteiger partial charge in [-0.1, -0.05) is 94.3 Å². The Hall–Kier alpha value is -4.40. The largest absolute Gasteiger partial charge is 0.444 e. The molecule has 3 aromatic rings. The van der Waals surface area contributed by atoms with Gasteiger partial charge < -0.3 is 25.0 Å². The summed E-state index contributed by atoms with van der Waals surface area (Å²) in [5.74, 6) is -1.07. The summed E-state index contributed by atoms with van der Waals surface area (Å²) in [4.78, 5) is 53.3. The van der Waals surface area contributed by atoms with Gasteiger partial charge in [0.2, 0.25) is 5.78 Å². The summed E-state index contributed by atoms with van der Waals surface area (Å²) >= 11 is 0. The van der Waals surface area contributed by atoms with E-state index in [1.54, 1.807) is 19.1 Å². The smallest absolute Gasteiger partial charge is 0.415 e. The maximum absolute atomic E-state index is 13.1. The lowest BCUT2D eigenvalue weighted by molar-refractivity contribution is -0.139. The first-order valence-electron chi connectivity index (χ1n) is 14.4. The van der Waals surface area contributed by atoms with Gasteiger partial charge in [0.15, 0.2) is 0 Å². The van der Waals surface area contributed by atoms with E-state index in [9.17, 15) is 19.2 Å². The molecule has 0 spiro atoms. The molecule has 42 heavy (non-hydrogen) atoms. The number of ketones is 1. The van der Waals surface area contributed by atoms with Crippen LogP contribution in [0, 0.1) is 5.41 Å². The van der Waals surface area contributed by atoms with E-state index in [0.29, 0.717) is 25.1 Å². The first-order valence-corrected chi connectivity index (χ1v) is 14.4. The van der Waals surface area contributed by atoms with Gasteiger partial charge in [-0.2, -0.15) is 0 Å². The molecule has 9 heteroatoms. The van der Waals surface area contributed by atoms with E-state index in [1.807, 2.05) is 81.4 Å². The minimum Gasteiger partial charge on any atom is -0.444 e. The van der Waals surface area contributed by atoms with Crippen LogP contribution in [0.3, 0.4) is 0 Å². The maximum atomic E-state index is 13.1. The average molecular weight is 574 g/mol. The van der Waals surface area contributed by atoms with Gasteiger partial charge in [-0.15, -0.1) is 0 Å². The molecule has 0 aliphatic carbocycles. The van der Waals surface area contributed by atoms with E-state index >= 15 is 0 Å². The van der Waals surface area contributed by atoms with Gasteiger partial charge in [-0.3, -0.25) is 9.59 Å². The maximum Gasteiger partial charge on any atom is 0.415 e. The number of fused-ring (bicyclic) bond motifs is 1. The molecule has 0 aromatic heterocycles. The Labute approximate surface area is 246 Å². The van der Waals surface area contributed by atoms with Crippen LogP contribution in [0.1, 0.15) is 58.6 Å². The number of benzene rings is 3. The molecule has 1 aliphatic rings. The topological polar surface area (TPSA) is 114 Å². The average Bonchev–Trinajstić information content (AvgIpc) is 3.28. The fourth-order valence-electron chi connectivity index (χ4n) is 5.07. The van der Waals surface area contributed by atoms with Crippen molar-refractivity contribution < 1.29 is 28.7 Å². The molecular formula is C33H39N3O6. The number of nitrogens with zero attached hydrogens (tertiary/aromatic N) is 1. The first kappa shape index (κ1) is 30.6. The number of amides is 3. The molecule has 3 amide bonds. The van der Waals surface area contributed by atoms with Crippen molar-refractivity contribution in [2.75, 3.05) is 13.1 Å². The van der Waals surface area contributed by atoms with Crippen molar-refractivity contribution in [3.05, 3.63) is 78.4 Å². The van der Waals surface area contributed by atoms with Gasteiger partial charge in [-0.05, 0) is 41.8 Å². The Morgan fingerprint density at radius 2 is 1.64 bits per heavy atom. The molecule has 1 aliphatic heterocycles. The fourth-order valence-corrected chi connectivity index (χ4v) is 5.07. The highest BCUT2D eigenvalue weighted by Gasteiger charge is 2.45. The zero-order valence-electron chi connectivity index (χ0n) is 24.6.